The fourth-order valence-electron chi connectivity index (χ4n) is 3.73. The first kappa shape index (κ1) is 22.2. The lowest BCUT2D eigenvalue weighted by molar-refractivity contribution is 0.0743. The number of rotatable bonds is 5. The van der Waals surface area contributed by atoms with Crippen LogP contribution in [0.15, 0.2) is 76.3 Å². The highest BCUT2D eigenvalue weighted by molar-refractivity contribution is 9.10. The van der Waals surface area contributed by atoms with Gasteiger partial charge in [-0.2, -0.15) is 0 Å². The highest BCUT2D eigenvalue weighted by atomic mass is 79.9. The van der Waals surface area contributed by atoms with Crippen molar-refractivity contribution in [2.24, 2.45) is 0 Å². The van der Waals surface area contributed by atoms with Gasteiger partial charge < -0.3 is 10.3 Å². The average Bonchev–Trinajstić information content (AvgIpc) is 2.76. The first-order valence-corrected chi connectivity index (χ1v) is 11.4. The third-order valence-electron chi connectivity index (χ3n) is 5.46. The summed E-state index contributed by atoms with van der Waals surface area (Å²) < 4.78 is 0.826. The van der Waals surface area contributed by atoms with Crippen LogP contribution in [0.2, 0.25) is 5.02 Å². The molecular formula is C24H22BrClN4O2. The SMILES string of the molecule is C=C1N(c2ccccc2)c2[nH]c(=O)cc(Nc3ccc(Br)cc3Cl)c2C(=O)N1C(C)CC. The van der Waals surface area contributed by atoms with Crippen molar-refractivity contribution in [2.45, 2.75) is 26.3 Å². The van der Waals surface area contributed by atoms with Crippen molar-refractivity contribution < 1.29 is 4.79 Å². The van der Waals surface area contributed by atoms with E-state index in [0.29, 0.717) is 33.6 Å². The van der Waals surface area contributed by atoms with Crippen LogP contribution < -0.4 is 15.8 Å². The summed E-state index contributed by atoms with van der Waals surface area (Å²) in [6.07, 6.45) is 0.743. The van der Waals surface area contributed by atoms with Gasteiger partial charge in [0.25, 0.3) is 11.5 Å². The Kier molecular flexibility index (Phi) is 6.13. The molecule has 0 fully saturated rings. The van der Waals surface area contributed by atoms with Crippen molar-refractivity contribution in [1.29, 1.82) is 0 Å². The third-order valence-corrected chi connectivity index (χ3v) is 6.27. The smallest absolute Gasteiger partial charge is 0.265 e. The van der Waals surface area contributed by atoms with Gasteiger partial charge in [0.15, 0.2) is 0 Å². The van der Waals surface area contributed by atoms with E-state index in [2.05, 4.69) is 32.8 Å². The molecule has 32 heavy (non-hydrogen) atoms. The number of aromatic nitrogens is 1. The van der Waals surface area contributed by atoms with Gasteiger partial charge in [-0.15, -0.1) is 0 Å². The van der Waals surface area contributed by atoms with E-state index in [9.17, 15) is 9.59 Å². The monoisotopic (exact) mass is 512 g/mol. The maximum atomic E-state index is 13.7. The van der Waals surface area contributed by atoms with E-state index in [1.807, 2.05) is 50.2 Å². The molecule has 0 aliphatic carbocycles. The normalized spacial score (nSPS) is 14.4. The maximum Gasteiger partial charge on any atom is 0.265 e. The zero-order chi connectivity index (χ0) is 23.0. The molecule has 2 heterocycles. The summed E-state index contributed by atoms with van der Waals surface area (Å²) in [4.78, 5) is 32.7. The van der Waals surface area contributed by atoms with Crippen molar-refractivity contribution in [2.75, 3.05) is 10.2 Å². The van der Waals surface area contributed by atoms with Crippen LogP contribution in [0, 0.1) is 0 Å². The molecule has 0 spiro atoms. The summed E-state index contributed by atoms with van der Waals surface area (Å²) in [7, 11) is 0. The Hall–Kier alpha value is -3.03. The van der Waals surface area contributed by atoms with Gasteiger partial charge in [-0.3, -0.25) is 19.4 Å². The second kappa shape index (κ2) is 8.84. The number of amides is 1. The molecule has 6 nitrogen and oxygen atoms in total. The molecular weight excluding hydrogens is 492 g/mol. The minimum Gasteiger partial charge on any atom is -0.353 e. The Morgan fingerprint density at radius 1 is 1.12 bits per heavy atom. The van der Waals surface area contributed by atoms with E-state index in [1.165, 1.54) is 6.07 Å². The Balaban J connectivity index is 1.94. The second-order valence-electron chi connectivity index (χ2n) is 7.54. The molecule has 1 unspecified atom stereocenters. The van der Waals surface area contributed by atoms with Crippen LogP contribution in [0.1, 0.15) is 30.6 Å². The van der Waals surface area contributed by atoms with E-state index >= 15 is 0 Å². The quantitative estimate of drug-likeness (QED) is 0.414. The van der Waals surface area contributed by atoms with Crippen molar-refractivity contribution in [3.8, 4) is 0 Å². The number of hydrogen-bond acceptors (Lipinski definition) is 4. The van der Waals surface area contributed by atoms with Crippen LogP contribution in [0.4, 0.5) is 22.9 Å². The molecule has 1 aliphatic heterocycles. The molecule has 4 rings (SSSR count). The summed E-state index contributed by atoms with van der Waals surface area (Å²) in [5.74, 6) is 0.616. The Bertz CT molecular complexity index is 1260. The van der Waals surface area contributed by atoms with Crippen LogP contribution >= 0.6 is 27.5 Å². The fraction of sp³-hybridized carbons (Fsp3) is 0.167. The summed E-state index contributed by atoms with van der Waals surface area (Å²) in [5, 5.41) is 3.64. The topological polar surface area (TPSA) is 68.4 Å². The standard InChI is InChI=1S/C24H22BrClN4O2/c1-4-14(2)29-15(3)30(17-8-6-5-7-9-17)23-22(24(29)32)20(13-21(31)28-23)27-19-11-10-16(25)12-18(19)26/h5-14H,3-4H2,1-2H3,(H2,27,28,31). The molecule has 0 saturated heterocycles. The molecule has 2 aromatic carbocycles. The van der Waals surface area contributed by atoms with Gasteiger partial charge >= 0.3 is 0 Å². The van der Waals surface area contributed by atoms with Gasteiger partial charge in [0.05, 0.1) is 16.4 Å². The predicted molar refractivity (Wildman–Crippen MR) is 133 cm³/mol. The number of pyridine rings is 1. The molecule has 0 radical (unpaired) electrons. The number of fused-ring (bicyclic) bond motifs is 1. The summed E-state index contributed by atoms with van der Waals surface area (Å²) in [5.41, 5.74) is 1.74. The molecule has 8 heteroatoms. The van der Waals surface area contributed by atoms with Crippen LogP contribution in [0.5, 0.6) is 0 Å². The number of carbonyl (C=O) groups excluding carboxylic acids is 1. The largest absolute Gasteiger partial charge is 0.353 e. The number of nitrogens with one attached hydrogen (secondary N) is 2. The zero-order valence-corrected chi connectivity index (χ0v) is 20.0. The fourth-order valence-corrected chi connectivity index (χ4v) is 4.45. The Labute approximate surface area is 199 Å². The molecule has 1 aromatic heterocycles. The van der Waals surface area contributed by atoms with E-state index < -0.39 is 0 Å². The minimum absolute atomic E-state index is 0.0922. The first-order chi connectivity index (χ1) is 15.3. The molecule has 2 N–H and O–H groups in total. The maximum absolute atomic E-state index is 13.7. The van der Waals surface area contributed by atoms with Crippen molar-refractivity contribution in [1.82, 2.24) is 9.88 Å². The molecule has 1 atom stereocenters. The minimum atomic E-state index is -0.349. The number of aromatic amines is 1. The highest BCUT2D eigenvalue weighted by Gasteiger charge is 2.38. The molecule has 0 bridgehead atoms. The number of carbonyl (C=O) groups is 1. The van der Waals surface area contributed by atoms with E-state index in [1.54, 1.807) is 21.9 Å². The van der Waals surface area contributed by atoms with Gasteiger partial charge in [0.2, 0.25) is 0 Å². The number of anilines is 4. The van der Waals surface area contributed by atoms with E-state index in [4.69, 9.17) is 11.6 Å². The van der Waals surface area contributed by atoms with Gasteiger partial charge in [0, 0.05) is 22.3 Å². The zero-order valence-electron chi connectivity index (χ0n) is 17.7. The van der Waals surface area contributed by atoms with E-state index in [0.717, 1.165) is 16.6 Å². The van der Waals surface area contributed by atoms with Gasteiger partial charge in [-0.05, 0) is 43.7 Å². The van der Waals surface area contributed by atoms with E-state index in [-0.39, 0.29) is 17.5 Å². The number of halogens is 2. The van der Waals surface area contributed by atoms with Crippen LogP contribution in [-0.4, -0.2) is 21.8 Å². The number of H-pyrrole nitrogens is 1. The Morgan fingerprint density at radius 3 is 2.50 bits per heavy atom. The first-order valence-electron chi connectivity index (χ1n) is 10.2. The summed E-state index contributed by atoms with van der Waals surface area (Å²) in [6.45, 7) is 8.19. The Morgan fingerprint density at radius 2 is 1.84 bits per heavy atom. The third kappa shape index (κ3) is 3.94. The molecule has 0 saturated carbocycles. The van der Waals surface area contributed by atoms with Crippen LogP contribution in [0.3, 0.4) is 0 Å². The highest BCUT2D eigenvalue weighted by Crippen LogP contribution is 2.41. The van der Waals surface area contributed by atoms with Gasteiger partial charge in [-0.1, -0.05) is 59.2 Å². The lowest BCUT2D eigenvalue weighted by atomic mass is 10.1. The predicted octanol–water partition coefficient (Wildman–Crippen LogP) is 6.40. The molecule has 1 aliphatic rings. The number of benzene rings is 2. The number of nitrogens with zero attached hydrogens (tertiary/aromatic N) is 2. The molecule has 1 amide bonds. The lowest BCUT2D eigenvalue weighted by Gasteiger charge is -2.42. The summed E-state index contributed by atoms with van der Waals surface area (Å²) in [6, 6.07) is 16.2. The van der Waals surface area contributed by atoms with Crippen LogP contribution in [0.25, 0.3) is 0 Å². The van der Waals surface area contributed by atoms with Crippen LogP contribution in [-0.2, 0) is 0 Å². The van der Waals surface area contributed by atoms with Crippen molar-refractivity contribution in [3.63, 3.8) is 0 Å². The van der Waals surface area contributed by atoms with Crippen molar-refractivity contribution >= 4 is 56.3 Å². The number of hydrogen-bond donors (Lipinski definition) is 2. The second-order valence-corrected chi connectivity index (χ2v) is 8.86. The number of para-hydroxylation sites is 1. The van der Waals surface area contributed by atoms with Gasteiger partial charge in [0.1, 0.15) is 17.2 Å². The van der Waals surface area contributed by atoms with Crippen molar-refractivity contribution in [3.05, 3.63) is 92.4 Å². The summed E-state index contributed by atoms with van der Waals surface area (Å²) >= 11 is 9.78. The molecule has 3 aromatic rings. The average molecular weight is 514 g/mol. The van der Waals surface area contributed by atoms with Gasteiger partial charge in [-0.25, -0.2) is 0 Å². The lowest BCUT2D eigenvalue weighted by Crippen LogP contribution is -2.47. The molecule has 164 valence electrons.